The number of hydrogen-bond acceptors (Lipinski definition) is 5. The fraction of sp³-hybridized carbons (Fsp3) is 0.615. The van der Waals surface area contributed by atoms with Crippen molar-refractivity contribution in [3.63, 3.8) is 0 Å². The van der Waals surface area contributed by atoms with E-state index in [-0.39, 0.29) is 19.2 Å². The Labute approximate surface area is 137 Å². The second-order valence-corrected chi connectivity index (χ2v) is 6.12. The summed E-state index contributed by atoms with van der Waals surface area (Å²) >= 11 is 11.3. The van der Waals surface area contributed by atoms with Gasteiger partial charge in [0.15, 0.2) is 10.7 Å². The third-order valence-electron chi connectivity index (χ3n) is 3.18. The molecule has 1 saturated heterocycles. The van der Waals surface area contributed by atoms with E-state index in [9.17, 15) is 9.59 Å². The summed E-state index contributed by atoms with van der Waals surface area (Å²) in [6.45, 7) is 2.46. The third kappa shape index (κ3) is 4.86. The van der Waals surface area contributed by atoms with Crippen LogP contribution in [-0.4, -0.2) is 52.5 Å². The summed E-state index contributed by atoms with van der Waals surface area (Å²) in [4.78, 5) is 24.1. The summed E-state index contributed by atoms with van der Waals surface area (Å²) in [7, 11) is 0. The number of halogens is 2. The van der Waals surface area contributed by atoms with Crippen LogP contribution in [0.4, 0.5) is 5.82 Å². The number of carbonyl (C=O) groups excluding carboxylic acids is 2. The van der Waals surface area contributed by atoms with E-state index in [2.05, 4.69) is 10.5 Å². The first-order chi connectivity index (χ1) is 10.5. The third-order valence-corrected chi connectivity index (χ3v) is 3.55. The van der Waals surface area contributed by atoms with Gasteiger partial charge >= 0.3 is 0 Å². The fourth-order valence-electron chi connectivity index (χ4n) is 2.19. The van der Waals surface area contributed by atoms with Crippen molar-refractivity contribution in [1.29, 1.82) is 0 Å². The molecular weight excluding hydrogens is 333 g/mol. The van der Waals surface area contributed by atoms with Crippen LogP contribution >= 0.6 is 23.2 Å². The van der Waals surface area contributed by atoms with Crippen molar-refractivity contribution >= 4 is 40.8 Å². The van der Waals surface area contributed by atoms with Gasteiger partial charge in [-0.05, 0) is 19.8 Å². The molecule has 9 heteroatoms. The SMILES string of the molecule is Cc1cc(NC(=O)CN(C[C@@H]2CCCO2)C(=O)C(Cl)Cl)no1. The number of amides is 2. The van der Waals surface area contributed by atoms with Gasteiger partial charge in [-0.15, -0.1) is 0 Å². The molecule has 2 amide bonds. The Bertz CT molecular complexity index is 529. The minimum Gasteiger partial charge on any atom is -0.376 e. The Morgan fingerprint density at radius 1 is 1.55 bits per heavy atom. The summed E-state index contributed by atoms with van der Waals surface area (Å²) in [5, 5.41) is 6.21. The molecule has 1 aromatic heterocycles. The summed E-state index contributed by atoms with van der Waals surface area (Å²) < 4.78 is 10.3. The Morgan fingerprint density at radius 3 is 2.86 bits per heavy atom. The number of nitrogens with zero attached hydrogens (tertiary/aromatic N) is 2. The largest absolute Gasteiger partial charge is 0.376 e. The van der Waals surface area contributed by atoms with Gasteiger partial charge in [-0.2, -0.15) is 0 Å². The molecule has 2 rings (SSSR count). The maximum Gasteiger partial charge on any atom is 0.256 e. The van der Waals surface area contributed by atoms with E-state index in [0.29, 0.717) is 18.2 Å². The van der Waals surface area contributed by atoms with Crippen molar-refractivity contribution in [1.82, 2.24) is 10.1 Å². The summed E-state index contributed by atoms with van der Waals surface area (Å²) in [6, 6.07) is 1.58. The van der Waals surface area contributed by atoms with Gasteiger partial charge in [0.05, 0.1) is 6.10 Å². The minimum atomic E-state index is -1.22. The Morgan fingerprint density at radius 2 is 2.32 bits per heavy atom. The molecule has 0 aromatic carbocycles. The first-order valence-electron chi connectivity index (χ1n) is 6.87. The van der Waals surface area contributed by atoms with E-state index in [1.165, 1.54) is 4.90 Å². The number of hydrogen-bond donors (Lipinski definition) is 1. The maximum absolute atomic E-state index is 12.0. The zero-order chi connectivity index (χ0) is 16.1. The van der Waals surface area contributed by atoms with Crippen LogP contribution in [0.2, 0.25) is 0 Å². The quantitative estimate of drug-likeness (QED) is 0.790. The van der Waals surface area contributed by atoms with Crippen molar-refractivity contribution < 1.29 is 18.8 Å². The van der Waals surface area contributed by atoms with Crippen LogP contribution in [0.3, 0.4) is 0 Å². The standard InChI is InChI=1S/C13H17Cl2N3O4/c1-8-5-10(17-22-8)16-11(19)7-18(13(20)12(14)15)6-9-3-2-4-21-9/h5,9,12H,2-4,6-7H2,1H3,(H,16,17,19)/t9-/m0/s1. The molecule has 0 saturated carbocycles. The van der Waals surface area contributed by atoms with Crippen molar-refractivity contribution in [3.05, 3.63) is 11.8 Å². The molecule has 0 spiro atoms. The first kappa shape index (κ1) is 17.1. The molecule has 0 radical (unpaired) electrons. The van der Waals surface area contributed by atoms with Crippen molar-refractivity contribution in [2.45, 2.75) is 30.7 Å². The summed E-state index contributed by atoms with van der Waals surface area (Å²) in [5.74, 6) is -0.0663. The smallest absolute Gasteiger partial charge is 0.256 e. The molecule has 7 nitrogen and oxygen atoms in total. The molecule has 1 aliphatic heterocycles. The molecule has 122 valence electrons. The van der Waals surface area contributed by atoms with Gasteiger partial charge < -0.3 is 19.5 Å². The number of alkyl halides is 2. The molecule has 1 atom stereocenters. The number of anilines is 1. The van der Waals surface area contributed by atoms with Crippen LogP contribution in [0, 0.1) is 6.92 Å². The van der Waals surface area contributed by atoms with Crippen molar-refractivity contribution in [2.24, 2.45) is 0 Å². The molecule has 0 bridgehead atoms. The van der Waals surface area contributed by atoms with Crippen LogP contribution < -0.4 is 5.32 Å². The van der Waals surface area contributed by atoms with Crippen LogP contribution in [0.5, 0.6) is 0 Å². The van der Waals surface area contributed by atoms with Crippen LogP contribution in [0.25, 0.3) is 0 Å². The molecule has 1 fully saturated rings. The van der Waals surface area contributed by atoms with Gasteiger partial charge in [0.2, 0.25) is 5.91 Å². The highest BCUT2D eigenvalue weighted by atomic mass is 35.5. The van der Waals surface area contributed by atoms with E-state index in [1.54, 1.807) is 13.0 Å². The lowest BCUT2D eigenvalue weighted by Gasteiger charge is -2.25. The Kier molecular flexibility index (Phi) is 6.05. The molecule has 0 aliphatic carbocycles. The van der Waals surface area contributed by atoms with Crippen LogP contribution in [0.15, 0.2) is 10.6 Å². The summed E-state index contributed by atoms with van der Waals surface area (Å²) in [6.07, 6.45) is 1.67. The second kappa shape index (κ2) is 7.80. The van der Waals surface area contributed by atoms with Gasteiger partial charge in [0.1, 0.15) is 12.3 Å². The van der Waals surface area contributed by atoms with Crippen molar-refractivity contribution in [2.75, 3.05) is 25.0 Å². The van der Waals surface area contributed by atoms with Gasteiger partial charge in [-0.1, -0.05) is 28.4 Å². The predicted octanol–water partition coefficient (Wildman–Crippen LogP) is 1.73. The van der Waals surface area contributed by atoms with E-state index in [4.69, 9.17) is 32.5 Å². The zero-order valence-electron chi connectivity index (χ0n) is 12.1. The molecule has 2 heterocycles. The lowest BCUT2D eigenvalue weighted by Crippen LogP contribution is -2.44. The van der Waals surface area contributed by atoms with Crippen molar-refractivity contribution in [3.8, 4) is 0 Å². The Balaban J connectivity index is 1.95. The highest BCUT2D eigenvalue weighted by Crippen LogP contribution is 2.16. The van der Waals surface area contributed by atoms with Gasteiger partial charge in [0, 0.05) is 19.2 Å². The average molecular weight is 350 g/mol. The highest BCUT2D eigenvalue weighted by molar-refractivity contribution is 6.53. The van der Waals surface area contributed by atoms with E-state index < -0.39 is 16.7 Å². The number of ether oxygens (including phenoxy) is 1. The zero-order valence-corrected chi connectivity index (χ0v) is 13.6. The number of carbonyl (C=O) groups is 2. The van der Waals surface area contributed by atoms with E-state index in [1.807, 2.05) is 0 Å². The monoisotopic (exact) mass is 349 g/mol. The maximum atomic E-state index is 12.0. The van der Waals surface area contributed by atoms with Gasteiger partial charge in [0.25, 0.3) is 5.91 Å². The molecule has 1 aromatic rings. The van der Waals surface area contributed by atoms with Gasteiger partial charge in [-0.25, -0.2) is 0 Å². The predicted molar refractivity (Wildman–Crippen MR) is 80.9 cm³/mol. The molecule has 0 unspecified atom stereocenters. The lowest BCUT2D eigenvalue weighted by atomic mass is 10.2. The summed E-state index contributed by atoms with van der Waals surface area (Å²) in [5.41, 5.74) is 0. The fourth-order valence-corrected chi connectivity index (χ4v) is 2.46. The molecule has 1 aliphatic rings. The van der Waals surface area contributed by atoms with Crippen LogP contribution in [-0.2, 0) is 14.3 Å². The average Bonchev–Trinajstić information content (AvgIpc) is 3.09. The van der Waals surface area contributed by atoms with E-state index in [0.717, 1.165) is 12.8 Å². The topological polar surface area (TPSA) is 84.7 Å². The Hall–Kier alpha value is -1.31. The number of aryl methyl sites for hydroxylation is 1. The minimum absolute atomic E-state index is 0.0990. The lowest BCUT2D eigenvalue weighted by molar-refractivity contribution is -0.134. The normalized spacial score (nSPS) is 17.7. The number of nitrogens with one attached hydrogen (secondary N) is 1. The second-order valence-electron chi connectivity index (χ2n) is 5.03. The van der Waals surface area contributed by atoms with Gasteiger partial charge in [-0.3, -0.25) is 9.59 Å². The number of aromatic nitrogens is 1. The molecular formula is C13H17Cl2N3O4. The molecule has 22 heavy (non-hydrogen) atoms. The van der Waals surface area contributed by atoms with E-state index >= 15 is 0 Å². The number of rotatable bonds is 6. The first-order valence-corrected chi connectivity index (χ1v) is 7.74. The van der Waals surface area contributed by atoms with Crippen LogP contribution in [0.1, 0.15) is 18.6 Å². The highest BCUT2D eigenvalue weighted by Gasteiger charge is 2.27. The molecule has 1 N–H and O–H groups in total.